The van der Waals surface area contributed by atoms with Crippen LogP contribution in [0.3, 0.4) is 0 Å². The summed E-state index contributed by atoms with van der Waals surface area (Å²) >= 11 is 0. The number of carboxylic acids is 1. The Kier molecular flexibility index (Phi) is 20.2. The van der Waals surface area contributed by atoms with Gasteiger partial charge in [-0.25, -0.2) is 18.0 Å². The third-order valence-corrected chi connectivity index (χ3v) is 8.75. The lowest BCUT2D eigenvalue weighted by Crippen LogP contribution is -2.59. The van der Waals surface area contributed by atoms with E-state index in [-0.39, 0.29) is 37.5 Å². The smallest absolute Gasteiger partial charge is 0.326 e. The Morgan fingerprint density at radius 1 is 0.667 bits per heavy atom. The molecular formula is C38H53F3N8O8. The van der Waals surface area contributed by atoms with Crippen molar-refractivity contribution in [1.82, 2.24) is 26.6 Å². The molecule has 16 nitrogen and oxygen atoms in total. The Hall–Kier alpha value is -5.53. The Labute approximate surface area is 328 Å². The summed E-state index contributed by atoms with van der Waals surface area (Å²) in [4.78, 5) is 79.1. The highest BCUT2D eigenvalue weighted by Crippen LogP contribution is 2.17. The first-order valence-electron chi connectivity index (χ1n) is 18.4. The van der Waals surface area contributed by atoms with Gasteiger partial charge < -0.3 is 54.0 Å². The standard InChI is InChI=1S/C38H53F3N8O8/c1-3-8-28(46-36(54)30(10-5-7-16-43)47-35(53)29(9-4-6-15-42)45-33(51)21(2)44)34(52)48-31(17-22-11-13-24(50)14-12-22)37(55)49-32(38(56)57)19-23-18-26(40)27(41)20-25(23)39/h3,11-14,18,20-21,28-32,50H,1,4-10,15-17,19,42-44H2,2H3,(H,45,51)(H,46,54)(H,47,53)(H,48,52)(H,49,55)(H,56,57)/t21-,28-,29-,30-,31-,32-/m0/s1. The molecular weight excluding hydrogens is 753 g/mol. The van der Waals surface area contributed by atoms with E-state index in [1.54, 1.807) is 0 Å². The van der Waals surface area contributed by atoms with E-state index in [0.29, 0.717) is 50.4 Å². The highest BCUT2D eigenvalue weighted by atomic mass is 19.2. The SMILES string of the molecule is C=CC[C@H](NC(=O)[C@H](CCCCN)NC(=O)[C@H](CCCCN)NC(=O)[C@H](C)N)C(=O)N[C@@H](Cc1ccc(O)cc1)C(=O)N[C@@H](Cc1cc(F)c(F)cc1F)C(=O)O. The zero-order valence-corrected chi connectivity index (χ0v) is 31.7. The fraction of sp³-hybridized carbons (Fsp3) is 0.474. The summed E-state index contributed by atoms with van der Waals surface area (Å²) in [5.41, 5.74) is 16.8. The second-order valence-corrected chi connectivity index (χ2v) is 13.5. The quantitative estimate of drug-likeness (QED) is 0.0370. The van der Waals surface area contributed by atoms with Crippen LogP contribution in [0.1, 0.15) is 63.0 Å². The Bertz CT molecular complexity index is 1700. The molecule has 57 heavy (non-hydrogen) atoms. The highest BCUT2D eigenvalue weighted by Gasteiger charge is 2.33. The molecule has 0 saturated carbocycles. The van der Waals surface area contributed by atoms with Gasteiger partial charge in [-0.15, -0.1) is 6.58 Å². The molecule has 0 unspecified atom stereocenters. The third-order valence-electron chi connectivity index (χ3n) is 8.75. The lowest BCUT2D eigenvalue weighted by atomic mass is 10.0. The molecule has 2 aromatic rings. The summed E-state index contributed by atoms with van der Waals surface area (Å²) in [7, 11) is 0. The van der Waals surface area contributed by atoms with Crippen LogP contribution in [-0.2, 0) is 41.6 Å². The molecule has 0 heterocycles. The molecule has 0 saturated heterocycles. The van der Waals surface area contributed by atoms with Crippen molar-refractivity contribution < 1.29 is 52.2 Å². The van der Waals surface area contributed by atoms with Crippen LogP contribution in [0.2, 0.25) is 0 Å². The fourth-order valence-electron chi connectivity index (χ4n) is 5.53. The monoisotopic (exact) mass is 806 g/mol. The minimum atomic E-state index is -1.87. The van der Waals surface area contributed by atoms with Gasteiger partial charge in [0, 0.05) is 18.9 Å². The van der Waals surface area contributed by atoms with Gasteiger partial charge in [-0.1, -0.05) is 18.2 Å². The van der Waals surface area contributed by atoms with Crippen LogP contribution in [0.4, 0.5) is 13.2 Å². The molecule has 2 rings (SSSR count). The van der Waals surface area contributed by atoms with Crippen molar-refractivity contribution in [2.24, 2.45) is 17.2 Å². The number of rotatable bonds is 25. The zero-order chi connectivity index (χ0) is 42.7. The molecule has 13 N–H and O–H groups in total. The van der Waals surface area contributed by atoms with E-state index in [2.05, 4.69) is 33.2 Å². The molecule has 0 bridgehead atoms. The van der Waals surface area contributed by atoms with Crippen molar-refractivity contribution in [2.45, 2.75) is 101 Å². The fourth-order valence-corrected chi connectivity index (χ4v) is 5.53. The summed E-state index contributed by atoms with van der Waals surface area (Å²) in [6.07, 6.45) is 2.30. The van der Waals surface area contributed by atoms with E-state index in [1.165, 1.54) is 37.3 Å². The topological polar surface area (TPSA) is 281 Å². The number of carboxylic acid groups (broad SMARTS) is 1. The maximum Gasteiger partial charge on any atom is 0.326 e. The van der Waals surface area contributed by atoms with E-state index in [0.717, 1.165) is 0 Å². The van der Waals surface area contributed by atoms with Crippen LogP contribution in [-0.4, -0.2) is 95.1 Å². The number of hydrogen-bond donors (Lipinski definition) is 10. The van der Waals surface area contributed by atoms with E-state index < -0.39 is 101 Å². The number of benzene rings is 2. The first-order valence-corrected chi connectivity index (χ1v) is 18.4. The highest BCUT2D eigenvalue weighted by molar-refractivity contribution is 5.96. The van der Waals surface area contributed by atoms with Crippen LogP contribution in [0.25, 0.3) is 0 Å². The Morgan fingerprint density at radius 2 is 1.12 bits per heavy atom. The maximum atomic E-state index is 14.4. The molecule has 0 radical (unpaired) electrons. The number of halogens is 3. The van der Waals surface area contributed by atoms with Crippen molar-refractivity contribution in [3.05, 3.63) is 77.6 Å². The van der Waals surface area contributed by atoms with Gasteiger partial charge in [0.25, 0.3) is 0 Å². The number of amides is 5. The van der Waals surface area contributed by atoms with Crippen LogP contribution in [0, 0.1) is 17.5 Å². The summed E-state index contributed by atoms with van der Waals surface area (Å²) < 4.78 is 41.8. The number of nitrogens with two attached hydrogens (primary N) is 3. The number of aromatic hydroxyl groups is 1. The molecule has 6 atom stereocenters. The van der Waals surface area contributed by atoms with Gasteiger partial charge in [-0.2, -0.15) is 0 Å². The van der Waals surface area contributed by atoms with Gasteiger partial charge >= 0.3 is 5.97 Å². The van der Waals surface area contributed by atoms with E-state index in [9.17, 15) is 52.2 Å². The van der Waals surface area contributed by atoms with Crippen molar-refractivity contribution >= 4 is 35.5 Å². The molecule has 19 heteroatoms. The molecule has 5 amide bonds. The van der Waals surface area contributed by atoms with Gasteiger partial charge in [0.1, 0.15) is 41.8 Å². The summed E-state index contributed by atoms with van der Waals surface area (Å²) in [6, 6.07) is -1.78. The molecule has 2 aromatic carbocycles. The molecule has 0 fully saturated rings. The lowest BCUT2D eigenvalue weighted by molar-refractivity contribution is -0.142. The van der Waals surface area contributed by atoms with Gasteiger partial charge in [-0.3, -0.25) is 24.0 Å². The number of aliphatic carboxylic acids is 1. The van der Waals surface area contributed by atoms with Crippen LogP contribution < -0.4 is 43.8 Å². The van der Waals surface area contributed by atoms with Crippen molar-refractivity contribution in [3.63, 3.8) is 0 Å². The predicted molar refractivity (Wildman–Crippen MR) is 203 cm³/mol. The van der Waals surface area contributed by atoms with Crippen molar-refractivity contribution in [2.75, 3.05) is 13.1 Å². The lowest BCUT2D eigenvalue weighted by Gasteiger charge is -2.27. The van der Waals surface area contributed by atoms with E-state index in [4.69, 9.17) is 17.2 Å². The van der Waals surface area contributed by atoms with Gasteiger partial charge in [-0.05, 0) is 94.3 Å². The number of carbonyl (C=O) groups excluding carboxylic acids is 5. The number of phenols is 1. The number of hydrogen-bond acceptors (Lipinski definition) is 10. The number of carbonyl (C=O) groups is 6. The molecule has 314 valence electrons. The Balaban J connectivity index is 2.37. The van der Waals surface area contributed by atoms with Crippen LogP contribution in [0.15, 0.2) is 49.1 Å². The molecule has 0 aromatic heterocycles. The third kappa shape index (κ3) is 16.2. The molecule has 0 aliphatic rings. The average molecular weight is 807 g/mol. The summed E-state index contributed by atoms with van der Waals surface area (Å²) in [6.45, 7) is 5.71. The number of phenolic OH excluding ortho intramolecular Hbond substituents is 1. The summed E-state index contributed by atoms with van der Waals surface area (Å²) in [5, 5.41) is 32.1. The van der Waals surface area contributed by atoms with Crippen LogP contribution in [0.5, 0.6) is 5.75 Å². The first kappa shape index (κ1) is 47.6. The second-order valence-electron chi connectivity index (χ2n) is 13.5. The summed E-state index contributed by atoms with van der Waals surface area (Å²) in [5.74, 6) is -10.0. The zero-order valence-electron chi connectivity index (χ0n) is 31.7. The molecule has 0 spiro atoms. The second kappa shape index (κ2) is 24.2. The van der Waals surface area contributed by atoms with Gasteiger partial charge in [0.2, 0.25) is 29.5 Å². The number of nitrogens with one attached hydrogen (secondary N) is 5. The minimum absolute atomic E-state index is 0.0922. The molecule has 0 aliphatic carbocycles. The van der Waals surface area contributed by atoms with Gasteiger partial charge in [0.15, 0.2) is 11.6 Å². The number of unbranched alkanes of at least 4 members (excludes halogenated alkanes) is 2. The predicted octanol–water partition coefficient (Wildman–Crippen LogP) is 0.285. The van der Waals surface area contributed by atoms with Crippen molar-refractivity contribution in [3.8, 4) is 5.75 Å². The van der Waals surface area contributed by atoms with E-state index in [1.807, 2.05) is 0 Å². The van der Waals surface area contributed by atoms with E-state index >= 15 is 0 Å². The average Bonchev–Trinajstić information content (AvgIpc) is 3.15. The first-order chi connectivity index (χ1) is 27.0. The Morgan fingerprint density at radius 3 is 1.63 bits per heavy atom. The minimum Gasteiger partial charge on any atom is -0.508 e. The van der Waals surface area contributed by atoms with Crippen LogP contribution >= 0.6 is 0 Å². The largest absolute Gasteiger partial charge is 0.508 e. The maximum absolute atomic E-state index is 14.4. The van der Waals surface area contributed by atoms with Gasteiger partial charge in [0.05, 0.1) is 6.04 Å². The molecule has 0 aliphatic heterocycles. The normalized spacial score (nSPS) is 14.2. The van der Waals surface area contributed by atoms with Crippen molar-refractivity contribution in [1.29, 1.82) is 0 Å².